The Morgan fingerprint density at radius 3 is 2.19 bits per heavy atom. The van der Waals surface area contributed by atoms with E-state index in [9.17, 15) is 29.1 Å². The third-order valence-electron chi connectivity index (χ3n) is 5.27. The Morgan fingerprint density at radius 1 is 1.05 bits per heavy atom. The number of aliphatic carboxylic acids is 1. The number of hydrogen-bond donors (Lipinski definition) is 2. The van der Waals surface area contributed by atoms with Crippen molar-refractivity contribution in [2.24, 2.45) is 0 Å². The lowest BCUT2D eigenvalue weighted by atomic mass is 10.1. The quantitative estimate of drug-likeness (QED) is 0.207. The number of rotatable bonds is 14. The maximum atomic E-state index is 13.0. The van der Waals surface area contributed by atoms with Crippen molar-refractivity contribution in [2.75, 3.05) is 20.8 Å². The molecule has 0 fully saturated rings. The summed E-state index contributed by atoms with van der Waals surface area (Å²) < 4.78 is 20.7. The van der Waals surface area contributed by atoms with E-state index in [0.717, 1.165) is 11.8 Å². The fourth-order valence-electron chi connectivity index (χ4n) is 3.27. The number of esters is 2. The van der Waals surface area contributed by atoms with Crippen molar-refractivity contribution in [3.8, 4) is 0 Å². The van der Waals surface area contributed by atoms with Gasteiger partial charge in [0, 0.05) is 27.5 Å². The highest BCUT2D eigenvalue weighted by Gasteiger charge is 2.39. The summed E-state index contributed by atoms with van der Waals surface area (Å²) in [5, 5.41) is 11.9. The highest BCUT2D eigenvalue weighted by Crippen LogP contribution is 2.15. The summed E-state index contributed by atoms with van der Waals surface area (Å²) in [4.78, 5) is 62.7. The SMILES string of the molecule is C=CCOC(=O)N(C)[C@H](C(=O)O[C@H](C)[C@H](NC(C)=O)C(=O)O[C@H](Cc1ccccc1)C(=O)O)[C@@H](C)OC. The van der Waals surface area contributed by atoms with Gasteiger partial charge in [-0.2, -0.15) is 0 Å². The zero-order valence-corrected chi connectivity index (χ0v) is 21.5. The summed E-state index contributed by atoms with van der Waals surface area (Å²) in [6, 6.07) is 5.71. The van der Waals surface area contributed by atoms with Crippen LogP contribution in [0.1, 0.15) is 26.3 Å². The minimum atomic E-state index is -1.55. The Morgan fingerprint density at radius 2 is 1.68 bits per heavy atom. The number of carboxylic acid groups (broad SMARTS) is 1. The molecule has 0 aliphatic rings. The number of methoxy groups -OCH3 is 1. The van der Waals surface area contributed by atoms with Crippen LogP contribution < -0.4 is 5.32 Å². The van der Waals surface area contributed by atoms with Gasteiger partial charge in [-0.1, -0.05) is 43.0 Å². The standard InChI is InChI=1S/C25H34N2O10/c1-7-13-35-25(33)27(5)21(16(3)34-6)24(32)36-15(2)20(26-17(4)28)23(31)37-19(22(29)30)14-18-11-9-8-10-12-18/h7-12,15-16,19-21H,1,13-14H2,2-6H3,(H,26,28)(H,29,30)/t15-,16-,19-,20+,21+/m1/s1. The Kier molecular flexibility index (Phi) is 12.8. The van der Waals surface area contributed by atoms with Gasteiger partial charge in [-0.25, -0.2) is 19.2 Å². The lowest BCUT2D eigenvalue weighted by Gasteiger charge is -2.31. The van der Waals surface area contributed by atoms with E-state index in [1.54, 1.807) is 30.3 Å². The number of benzene rings is 1. The highest BCUT2D eigenvalue weighted by molar-refractivity contribution is 5.87. The van der Waals surface area contributed by atoms with Crippen LogP contribution in [0.3, 0.4) is 0 Å². The number of likely N-dealkylation sites (N-methyl/N-ethyl adjacent to an activating group) is 1. The normalized spacial score (nSPS) is 14.6. The van der Waals surface area contributed by atoms with Crippen molar-refractivity contribution in [3.63, 3.8) is 0 Å². The van der Waals surface area contributed by atoms with Gasteiger partial charge < -0.3 is 29.4 Å². The van der Waals surface area contributed by atoms with Crippen LogP contribution in [-0.4, -0.2) is 91.1 Å². The maximum absolute atomic E-state index is 13.0. The van der Waals surface area contributed by atoms with E-state index in [2.05, 4.69) is 11.9 Å². The first-order valence-electron chi connectivity index (χ1n) is 11.4. The monoisotopic (exact) mass is 522 g/mol. The Hall–Kier alpha value is -3.93. The van der Waals surface area contributed by atoms with Crippen LogP contribution in [0.5, 0.6) is 0 Å². The van der Waals surface area contributed by atoms with E-state index in [-0.39, 0.29) is 13.0 Å². The highest BCUT2D eigenvalue weighted by atomic mass is 16.6. The van der Waals surface area contributed by atoms with E-state index in [1.807, 2.05) is 0 Å². The number of ether oxygens (including phenoxy) is 4. The van der Waals surface area contributed by atoms with Gasteiger partial charge >= 0.3 is 24.0 Å². The second kappa shape index (κ2) is 15.2. The minimum absolute atomic E-state index is 0.0904. The van der Waals surface area contributed by atoms with Crippen LogP contribution in [0, 0.1) is 0 Å². The van der Waals surface area contributed by atoms with Gasteiger partial charge in [0.05, 0.1) is 6.10 Å². The number of nitrogens with one attached hydrogen (secondary N) is 1. The van der Waals surface area contributed by atoms with E-state index < -0.39 is 60.3 Å². The largest absolute Gasteiger partial charge is 0.478 e. The first-order chi connectivity index (χ1) is 17.4. The molecule has 0 aliphatic heterocycles. The molecule has 5 atom stereocenters. The summed E-state index contributed by atoms with van der Waals surface area (Å²) >= 11 is 0. The topological polar surface area (TPSA) is 158 Å². The van der Waals surface area contributed by atoms with Gasteiger partial charge in [-0.3, -0.25) is 9.69 Å². The minimum Gasteiger partial charge on any atom is -0.478 e. The fraction of sp³-hybridized carbons (Fsp3) is 0.480. The van der Waals surface area contributed by atoms with Gasteiger partial charge in [0.2, 0.25) is 12.0 Å². The van der Waals surface area contributed by atoms with Gasteiger partial charge in [0.25, 0.3) is 0 Å². The molecular formula is C25H34N2O10. The van der Waals surface area contributed by atoms with Gasteiger partial charge in [0.1, 0.15) is 12.7 Å². The zero-order valence-electron chi connectivity index (χ0n) is 21.5. The van der Waals surface area contributed by atoms with E-state index in [4.69, 9.17) is 18.9 Å². The van der Waals surface area contributed by atoms with Crippen LogP contribution in [-0.2, 0) is 44.5 Å². The van der Waals surface area contributed by atoms with Crippen LogP contribution in [0.15, 0.2) is 43.0 Å². The number of hydrogen-bond acceptors (Lipinski definition) is 9. The molecule has 0 unspecified atom stereocenters. The predicted molar refractivity (Wildman–Crippen MR) is 130 cm³/mol. The number of nitrogens with zero attached hydrogens (tertiary/aromatic N) is 1. The third-order valence-corrected chi connectivity index (χ3v) is 5.27. The molecule has 12 nitrogen and oxygen atoms in total. The first-order valence-corrected chi connectivity index (χ1v) is 11.4. The molecule has 37 heavy (non-hydrogen) atoms. The molecule has 0 aromatic heterocycles. The fourth-order valence-corrected chi connectivity index (χ4v) is 3.27. The summed E-state index contributed by atoms with van der Waals surface area (Å²) in [5.74, 6) is -4.11. The van der Waals surface area contributed by atoms with E-state index >= 15 is 0 Å². The predicted octanol–water partition coefficient (Wildman–Crippen LogP) is 1.32. The van der Waals surface area contributed by atoms with Crippen molar-refractivity contribution in [1.82, 2.24) is 10.2 Å². The second-order valence-electron chi connectivity index (χ2n) is 8.14. The Balaban J connectivity index is 3.07. The lowest BCUT2D eigenvalue weighted by molar-refractivity contribution is -0.172. The summed E-state index contributed by atoms with van der Waals surface area (Å²) in [6.07, 6.45) is -3.31. The molecule has 0 spiro atoms. The maximum Gasteiger partial charge on any atom is 0.410 e. The molecule has 0 heterocycles. The van der Waals surface area contributed by atoms with Crippen LogP contribution in [0.4, 0.5) is 4.79 Å². The second-order valence-corrected chi connectivity index (χ2v) is 8.14. The summed E-state index contributed by atoms with van der Waals surface area (Å²) in [5.41, 5.74) is 0.612. The molecule has 2 amide bonds. The van der Waals surface area contributed by atoms with Crippen molar-refractivity contribution in [1.29, 1.82) is 0 Å². The third kappa shape index (κ3) is 9.92. The van der Waals surface area contributed by atoms with E-state index in [1.165, 1.54) is 34.1 Å². The van der Waals surface area contributed by atoms with Crippen molar-refractivity contribution in [2.45, 2.75) is 57.6 Å². The molecule has 1 rings (SSSR count). The average molecular weight is 523 g/mol. The van der Waals surface area contributed by atoms with Gasteiger partial charge in [0.15, 0.2) is 12.1 Å². The molecule has 0 bridgehead atoms. The molecule has 1 aromatic rings. The zero-order chi connectivity index (χ0) is 28.1. The molecule has 12 heteroatoms. The molecule has 0 radical (unpaired) electrons. The Bertz CT molecular complexity index is 952. The average Bonchev–Trinajstić information content (AvgIpc) is 2.85. The van der Waals surface area contributed by atoms with Crippen LogP contribution in [0.2, 0.25) is 0 Å². The van der Waals surface area contributed by atoms with Gasteiger partial charge in [-0.15, -0.1) is 0 Å². The van der Waals surface area contributed by atoms with Crippen LogP contribution >= 0.6 is 0 Å². The molecule has 1 aromatic carbocycles. The molecule has 204 valence electrons. The lowest BCUT2D eigenvalue weighted by Crippen LogP contribution is -2.54. The molecule has 0 saturated heterocycles. The molecule has 2 N–H and O–H groups in total. The van der Waals surface area contributed by atoms with Crippen LogP contribution in [0.25, 0.3) is 0 Å². The van der Waals surface area contributed by atoms with Gasteiger partial charge in [-0.05, 0) is 19.4 Å². The number of carboxylic acids is 1. The van der Waals surface area contributed by atoms with Crippen molar-refractivity contribution >= 4 is 29.9 Å². The Labute approximate surface area is 215 Å². The summed E-state index contributed by atoms with van der Waals surface area (Å²) in [7, 11) is 2.63. The molecule has 0 aliphatic carbocycles. The molecular weight excluding hydrogens is 488 g/mol. The number of carbonyl (C=O) groups is 5. The number of carbonyl (C=O) groups excluding carboxylic acids is 4. The van der Waals surface area contributed by atoms with Crippen molar-refractivity contribution < 1.29 is 48.0 Å². The number of amides is 2. The molecule has 0 saturated carbocycles. The summed E-state index contributed by atoms with van der Waals surface area (Å²) in [6.45, 7) is 7.33. The van der Waals surface area contributed by atoms with Crippen molar-refractivity contribution in [3.05, 3.63) is 48.6 Å². The smallest absolute Gasteiger partial charge is 0.410 e. The van der Waals surface area contributed by atoms with E-state index in [0.29, 0.717) is 5.56 Å². The first kappa shape index (κ1) is 31.1.